The summed E-state index contributed by atoms with van der Waals surface area (Å²) in [6.45, 7) is 7.10. The van der Waals surface area contributed by atoms with Crippen molar-refractivity contribution in [2.24, 2.45) is 5.92 Å². The van der Waals surface area contributed by atoms with Gasteiger partial charge < -0.3 is 20.3 Å². The Balaban J connectivity index is 1.43. The van der Waals surface area contributed by atoms with Gasteiger partial charge in [0, 0.05) is 30.0 Å². The van der Waals surface area contributed by atoms with Gasteiger partial charge in [-0.05, 0) is 67.3 Å². The molecule has 1 aliphatic heterocycles. The van der Waals surface area contributed by atoms with Gasteiger partial charge in [0.25, 0.3) is 5.91 Å². The molecule has 0 radical (unpaired) electrons. The van der Waals surface area contributed by atoms with Crippen molar-refractivity contribution < 1.29 is 14.3 Å². The Kier molecular flexibility index (Phi) is 7.71. The molecule has 0 saturated carbocycles. The Hall–Kier alpha value is -3.02. The van der Waals surface area contributed by atoms with Gasteiger partial charge in [0.2, 0.25) is 5.91 Å². The minimum absolute atomic E-state index is 0.0843. The Morgan fingerprint density at radius 1 is 1.10 bits per heavy atom. The SMILES string of the molecule is CCCCOc1ccc(C(=O)NCC(=O)Nc2ccc(N3CCC(C)C3)cc2)cc1. The number of ether oxygens (including phenoxy) is 1. The van der Waals surface area contributed by atoms with E-state index in [1.54, 1.807) is 24.3 Å². The van der Waals surface area contributed by atoms with Gasteiger partial charge in [0.05, 0.1) is 13.2 Å². The Morgan fingerprint density at radius 2 is 1.83 bits per heavy atom. The Morgan fingerprint density at radius 3 is 2.47 bits per heavy atom. The lowest BCUT2D eigenvalue weighted by molar-refractivity contribution is -0.115. The molecule has 2 aromatic carbocycles. The van der Waals surface area contributed by atoms with Crippen LogP contribution in [0.25, 0.3) is 0 Å². The van der Waals surface area contributed by atoms with Crippen molar-refractivity contribution >= 4 is 23.2 Å². The lowest BCUT2D eigenvalue weighted by Gasteiger charge is -2.18. The third-order valence-corrected chi connectivity index (χ3v) is 5.23. The maximum Gasteiger partial charge on any atom is 0.251 e. The Bertz CT molecular complexity index is 834. The number of anilines is 2. The topological polar surface area (TPSA) is 70.7 Å². The lowest BCUT2D eigenvalue weighted by Crippen LogP contribution is -2.32. The number of unbranched alkanes of at least 4 members (excludes halogenated alkanes) is 1. The first-order valence-electron chi connectivity index (χ1n) is 10.7. The van der Waals surface area contributed by atoms with Crippen LogP contribution >= 0.6 is 0 Å². The van der Waals surface area contributed by atoms with E-state index in [9.17, 15) is 9.59 Å². The predicted octanol–water partition coefficient (Wildman–Crippen LogP) is 4.08. The number of amides is 2. The molecule has 160 valence electrons. The fourth-order valence-electron chi connectivity index (χ4n) is 3.43. The first-order chi connectivity index (χ1) is 14.5. The molecule has 30 heavy (non-hydrogen) atoms. The fraction of sp³-hybridized carbons (Fsp3) is 0.417. The van der Waals surface area contributed by atoms with Crippen LogP contribution in [-0.2, 0) is 4.79 Å². The smallest absolute Gasteiger partial charge is 0.251 e. The van der Waals surface area contributed by atoms with Crippen molar-refractivity contribution in [2.45, 2.75) is 33.1 Å². The van der Waals surface area contributed by atoms with E-state index in [2.05, 4.69) is 29.4 Å². The van der Waals surface area contributed by atoms with Crippen LogP contribution in [0.5, 0.6) is 5.75 Å². The first kappa shape index (κ1) is 21.7. The second-order valence-electron chi connectivity index (χ2n) is 7.84. The largest absolute Gasteiger partial charge is 0.494 e. The molecule has 1 fully saturated rings. The quantitative estimate of drug-likeness (QED) is 0.612. The zero-order valence-corrected chi connectivity index (χ0v) is 17.8. The van der Waals surface area contributed by atoms with Crippen molar-refractivity contribution in [3.05, 3.63) is 54.1 Å². The summed E-state index contributed by atoms with van der Waals surface area (Å²) < 4.78 is 5.59. The third kappa shape index (κ3) is 6.24. The molecule has 0 spiro atoms. The molecule has 1 heterocycles. The van der Waals surface area contributed by atoms with Gasteiger partial charge >= 0.3 is 0 Å². The number of nitrogens with one attached hydrogen (secondary N) is 2. The Labute approximate surface area is 178 Å². The number of rotatable bonds is 9. The number of carbonyl (C=O) groups excluding carboxylic acids is 2. The second kappa shape index (κ2) is 10.7. The lowest BCUT2D eigenvalue weighted by atomic mass is 10.2. The maximum absolute atomic E-state index is 12.3. The molecule has 2 aromatic rings. The van der Waals surface area contributed by atoms with E-state index >= 15 is 0 Å². The van der Waals surface area contributed by atoms with E-state index in [1.165, 1.54) is 12.1 Å². The standard InChI is InChI=1S/C24H31N3O3/c1-3-4-15-30-22-11-5-19(6-12-22)24(29)25-16-23(28)26-20-7-9-21(10-8-20)27-14-13-18(2)17-27/h5-12,18H,3-4,13-17H2,1-2H3,(H,25,29)(H,26,28). The maximum atomic E-state index is 12.3. The molecule has 0 bridgehead atoms. The summed E-state index contributed by atoms with van der Waals surface area (Å²) in [6, 6.07) is 14.8. The van der Waals surface area contributed by atoms with Crippen LogP contribution in [0, 0.1) is 5.92 Å². The van der Waals surface area contributed by atoms with E-state index in [1.807, 2.05) is 24.3 Å². The molecule has 3 rings (SSSR count). The molecule has 2 N–H and O–H groups in total. The highest BCUT2D eigenvalue weighted by atomic mass is 16.5. The molecule has 6 heteroatoms. The fourth-order valence-corrected chi connectivity index (χ4v) is 3.43. The molecule has 6 nitrogen and oxygen atoms in total. The average molecular weight is 410 g/mol. The van der Waals surface area contributed by atoms with Crippen LogP contribution < -0.4 is 20.3 Å². The number of nitrogens with zero attached hydrogens (tertiary/aromatic N) is 1. The average Bonchev–Trinajstić information content (AvgIpc) is 3.19. The van der Waals surface area contributed by atoms with Crippen molar-refractivity contribution in [1.29, 1.82) is 0 Å². The van der Waals surface area contributed by atoms with E-state index in [-0.39, 0.29) is 18.4 Å². The van der Waals surface area contributed by atoms with Crippen LogP contribution in [0.15, 0.2) is 48.5 Å². The monoisotopic (exact) mass is 409 g/mol. The summed E-state index contributed by atoms with van der Waals surface area (Å²) in [5, 5.41) is 5.47. The molecular weight excluding hydrogens is 378 g/mol. The molecule has 0 aromatic heterocycles. The van der Waals surface area contributed by atoms with E-state index in [0.29, 0.717) is 12.2 Å². The van der Waals surface area contributed by atoms with Gasteiger partial charge in [0.15, 0.2) is 0 Å². The summed E-state index contributed by atoms with van der Waals surface area (Å²) in [5.41, 5.74) is 2.39. The molecule has 1 saturated heterocycles. The second-order valence-corrected chi connectivity index (χ2v) is 7.84. The molecule has 1 aliphatic rings. The summed E-state index contributed by atoms with van der Waals surface area (Å²) in [4.78, 5) is 26.8. The highest BCUT2D eigenvalue weighted by molar-refractivity contribution is 5.99. The number of hydrogen-bond acceptors (Lipinski definition) is 4. The van der Waals surface area contributed by atoms with E-state index in [4.69, 9.17) is 4.74 Å². The minimum atomic E-state index is -0.288. The minimum Gasteiger partial charge on any atom is -0.494 e. The highest BCUT2D eigenvalue weighted by Gasteiger charge is 2.18. The van der Waals surface area contributed by atoms with E-state index in [0.717, 1.165) is 43.3 Å². The van der Waals surface area contributed by atoms with Gasteiger partial charge in [-0.25, -0.2) is 0 Å². The zero-order chi connectivity index (χ0) is 21.3. The third-order valence-electron chi connectivity index (χ3n) is 5.23. The van der Waals surface area contributed by atoms with Crippen LogP contribution in [0.1, 0.15) is 43.5 Å². The zero-order valence-electron chi connectivity index (χ0n) is 17.8. The number of carbonyl (C=O) groups is 2. The molecular formula is C24H31N3O3. The predicted molar refractivity (Wildman–Crippen MR) is 120 cm³/mol. The summed E-state index contributed by atoms with van der Waals surface area (Å²) >= 11 is 0. The summed E-state index contributed by atoms with van der Waals surface area (Å²) in [6.07, 6.45) is 3.29. The normalized spacial score (nSPS) is 15.7. The summed E-state index contributed by atoms with van der Waals surface area (Å²) in [7, 11) is 0. The van der Waals surface area contributed by atoms with Crippen molar-refractivity contribution in [3.63, 3.8) is 0 Å². The van der Waals surface area contributed by atoms with Crippen LogP contribution in [-0.4, -0.2) is 38.1 Å². The number of hydrogen-bond donors (Lipinski definition) is 2. The summed E-state index contributed by atoms with van der Waals surface area (Å²) in [5.74, 6) is 0.913. The van der Waals surface area contributed by atoms with Gasteiger partial charge in [-0.2, -0.15) is 0 Å². The van der Waals surface area contributed by atoms with Gasteiger partial charge in [-0.1, -0.05) is 20.3 Å². The van der Waals surface area contributed by atoms with E-state index < -0.39 is 0 Å². The van der Waals surface area contributed by atoms with Crippen molar-refractivity contribution in [3.8, 4) is 5.75 Å². The highest BCUT2D eigenvalue weighted by Crippen LogP contribution is 2.24. The first-order valence-corrected chi connectivity index (χ1v) is 10.7. The number of benzene rings is 2. The van der Waals surface area contributed by atoms with Gasteiger partial charge in [-0.15, -0.1) is 0 Å². The van der Waals surface area contributed by atoms with Crippen LogP contribution in [0.3, 0.4) is 0 Å². The molecule has 1 atom stereocenters. The van der Waals surface area contributed by atoms with Crippen molar-refractivity contribution in [1.82, 2.24) is 5.32 Å². The molecule has 0 aliphatic carbocycles. The van der Waals surface area contributed by atoms with Crippen molar-refractivity contribution in [2.75, 3.05) is 36.5 Å². The van der Waals surface area contributed by atoms with Gasteiger partial charge in [-0.3, -0.25) is 9.59 Å². The van der Waals surface area contributed by atoms with Gasteiger partial charge in [0.1, 0.15) is 5.75 Å². The van der Waals surface area contributed by atoms with Crippen LogP contribution in [0.2, 0.25) is 0 Å². The van der Waals surface area contributed by atoms with Crippen LogP contribution in [0.4, 0.5) is 11.4 Å². The molecule has 1 unspecified atom stereocenters. The molecule has 2 amide bonds.